The molecule has 1 heterocycles. The van der Waals surface area contributed by atoms with Gasteiger partial charge >= 0.3 is 0 Å². The molecule has 0 fully saturated rings. The largest absolute Gasteiger partial charge is 0.360 e. The van der Waals surface area contributed by atoms with E-state index in [4.69, 9.17) is 11.6 Å². The molecule has 0 saturated carbocycles. The molecule has 12 heavy (non-hydrogen) atoms. The number of halogens is 1. The highest BCUT2D eigenvalue weighted by Gasteiger charge is 2.03. The molecular weight excluding hydrogens is 170 g/mol. The fraction of sp³-hybridized carbons (Fsp3) is 0.200. The van der Waals surface area contributed by atoms with Crippen LogP contribution in [0.15, 0.2) is 18.3 Å². The Labute approximate surface area is 76.4 Å². The molecule has 0 saturated heterocycles. The van der Waals surface area contributed by atoms with Crippen molar-refractivity contribution in [3.63, 3.8) is 0 Å². The fourth-order valence-electron chi connectivity index (χ4n) is 1.56. The molecule has 0 aliphatic rings. The van der Waals surface area contributed by atoms with Crippen LogP contribution in [-0.2, 0) is 0 Å². The summed E-state index contributed by atoms with van der Waals surface area (Å²) in [5.41, 5.74) is 3.64. The van der Waals surface area contributed by atoms with Gasteiger partial charge in [-0.1, -0.05) is 23.2 Å². The van der Waals surface area contributed by atoms with Crippen LogP contribution in [0.1, 0.15) is 11.1 Å². The molecule has 1 aromatic heterocycles. The van der Waals surface area contributed by atoms with E-state index in [9.17, 15) is 0 Å². The van der Waals surface area contributed by atoms with Gasteiger partial charge in [-0.25, -0.2) is 0 Å². The van der Waals surface area contributed by atoms with Gasteiger partial charge in [-0.15, -0.1) is 0 Å². The second kappa shape index (κ2) is 2.53. The summed E-state index contributed by atoms with van der Waals surface area (Å²) in [6.45, 7) is 4.16. The maximum atomic E-state index is 5.99. The van der Waals surface area contributed by atoms with Gasteiger partial charge in [0.1, 0.15) is 0 Å². The van der Waals surface area contributed by atoms with Gasteiger partial charge in [-0.2, -0.15) is 0 Å². The van der Waals surface area contributed by atoms with Crippen LogP contribution in [0, 0.1) is 13.8 Å². The Kier molecular flexibility index (Phi) is 1.62. The second-order valence-electron chi connectivity index (χ2n) is 3.14. The maximum Gasteiger partial charge on any atom is 0.0659 e. The number of rotatable bonds is 0. The summed E-state index contributed by atoms with van der Waals surface area (Å²) in [6, 6.07) is 4.25. The molecule has 0 unspecified atom stereocenters. The Morgan fingerprint density at radius 1 is 1.25 bits per heavy atom. The molecule has 0 aliphatic heterocycles. The summed E-state index contributed by atoms with van der Waals surface area (Å²) < 4.78 is 0. The number of H-pyrrole nitrogens is 1. The quantitative estimate of drug-likeness (QED) is 0.638. The molecule has 0 amide bonds. The van der Waals surface area contributed by atoms with Crippen molar-refractivity contribution < 1.29 is 0 Å². The van der Waals surface area contributed by atoms with Crippen LogP contribution >= 0.6 is 11.6 Å². The number of hydrogen-bond donors (Lipinski definition) is 1. The van der Waals surface area contributed by atoms with Gasteiger partial charge in [0, 0.05) is 17.1 Å². The average Bonchev–Trinajstić information content (AvgIpc) is 2.33. The van der Waals surface area contributed by atoms with Crippen molar-refractivity contribution in [2.24, 2.45) is 0 Å². The van der Waals surface area contributed by atoms with Crippen LogP contribution < -0.4 is 0 Å². The van der Waals surface area contributed by atoms with Gasteiger partial charge in [0.25, 0.3) is 0 Å². The first kappa shape index (κ1) is 7.69. The molecule has 1 nitrogen and oxygen atoms in total. The van der Waals surface area contributed by atoms with E-state index in [2.05, 4.69) is 31.0 Å². The van der Waals surface area contributed by atoms with E-state index >= 15 is 0 Å². The summed E-state index contributed by atoms with van der Waals surface area (Å²) in [6.07, 6.45) is 1.83. The van der Waals surface area contributed by atoms with Crippen LogP contribution in [0.5, 0.6) is 0 Å². The minimum absolute atomic E-state index is 0.803. The third kappa shape index (κ3) is 1.01. The van der Waals surface area contributed by atoms with Crippen molar-refractivity contribution in [2.75, 3.05) is 0 Å². The number of fused-ring (bicyclic) bond motifs is 1. The molecule has 62 valence electrons. The zero-order chi connectivity index (χ0) is 8.72. The van der Waals surface area contributed by atoms with Crippen molar-refractivity contribution in [1.29, 1.82) is 0 Å². The lowest BCUT2D eigenvalue weighted by Gasteiger charge is -1.98. The average molecular weight is 180 g/mol. The Bertz CT molecular complexity index is 429. The first-order chi connectivity index (χ1) is 5.68. The Hall–Kier alpha value is -0.950. The molecule has 0 radical (unpaired) electrons. The van der Waals surface area contributed by atoms with Crippen LogP contribution in [0.25, 0.3) is 10.9 Å². The molecule has 0 atom stereocenters. The van der Waals surface area contributed by atoms with Crippen LogP contribution in [0.4, 0.5) is 0 Å². The summed E-state index contributed by atoms with van der Waals surface area (Å²) in [5.74, 6) is 0. The van der Waals surface area contributed by atoms with Crippen LogP contribution in [-0.4, -0.2) is 4.98 Å². The van der Waals surface area contributed by atoms with Gasteiger partial charge in [-0.05, 0) is 25.5 Å². The monoisotopic (exact) mass is 179 g/mol. The van der Waals surface area contributed by atoms with Crippen molar-refractivity contribution >= 4 is 22.5 Å². The van der Waals surface area contributed by atoms with E-state index in [1.165, 1.54) is 11.1 Å². The highest BCUT2D eigenvalue weighted by Crippen LogP contribution is 2.26. The maximum absolute atomic E-state index is 5.99. The SMILES string of the molecule is Cc1cc(C)c2[nH]cc(Cl)c2c1. The molecule has 2 rings (SSSR count). The molecule has 0 aliphatic carbocycles. The summed E-state index contributed by atoms with van der Waals surface area (Å²) in [4.78, 5) is 3.15. The van der Waals surface area contributed by atoms with Gasteiger partial charge in [0.15, 0.2) is 0 Å². The molecular formula is C10H10ClN. The van der Waals surface area contributed by atoms with Crippen LogP contribution in [0.2, 0.25) is 5.02 Å². The topological polar surface area (TPSA) is 15.8 Å². The minimum Gasteiger partial charge on any atom is -0.360 e. The van der Waals surface area contributed by atoms with Crippen molar-refractivity contribution in [2.45, 2.75) is 13.8 Å². The molecule has 2 heteroatoms. The van der Waals surface area contributed by atoms with Gasteiger partial charge < -0.3 is 4.98 Å². The molecule has 0 spiro atoms. The van der Waals surface area contributed by atoms with E-state index in [1.54, 1.807) is 0 Å². The lowest BCUT2D eigenvalue weighted by molar-refractivity contribution is 1.38. The van der Waals surface area contributed by atoms with Gasteiger partial charge in [-0.3, -0.25) is 0 Å². The van der Waals surface area contributed by atoms with Gasteiger partial charge in [0.2, 0.25) is 0 Å². The highest BCUT2D eigenvalue weighted by atomic mass is 35.5. The van der Waals surface area contributed by atoms with Crippen LogP contribution in [0.3, 0.4) is 0 Å². The predicted molar refractivity (Wildman–Crippen MR) is 52.8 cm³/mol. The van der Waals surface area contributed by atoms with E-state index in [-0.39, 0.29) is 0 Å². The van der Waals surface area contributed by atoms with Crippen molar-refractivity contribution in [3.8, 4) is 0 Å². The summed E-state index contributed by atoms with van der Waals surface area (Å²) in [7, 11) is 0. The number of aromatic amines is 1. The van der Waals surface area contributed by atoms with Gasteiger partial charge in [0.05, 0.1) is 5.02 Å². The standard InChI is InChI=1S/C10H10ClN/c1-6-3-7(2)10-8(4-6)9(11)5-12-10/h3-5,12H,1-2H3. The summed E-state index contributed by atoms with van der Waals surface area (Å²) >= 11 is 5.99. The van der Waals surface area contributed by atoms with Crippen molar-refractivity contribution in [1.82, 2.24) is 4.98 Å². The lowest BCUT2D eigenvalue weighted by Crippen LogP contribution is -1.78. The lowest BCUT2D eigenvalue weighted by atomic mass is 10.1. The number of benzene rings is 1. The molecule has 2 aromatic rings. The normalized spacial score (nSPS) is 10.9. The third-order valence-electron chi connectivity index (χ3n) is 2.08. The Morgan fingerprint density at radius 2 is 2.00 bits per heavy atom. The van der Waals surface area contributed by atoms with Crippen molar-refractivity contribution in [3.05, 3.63) is 34.5 Å². The third-order valence-corrected chi connectivity index (χ3v) is 2.39. The molecule has 1 N–H and O–H groups in total. The zero-order valence-electron chi connectivity index (χ0n) is 7.11. The highest BCUT2D eigenvalue weighted by molar-refractivity contribution is 6.35. The van der Waals surface area contributed by atoms with E-state index in [1.807, 2.05) is 6.20 Å². The summed E-state index contributed by atoms with van der Waals surface area (Å²) in [5, 5.41) is 1.92. The molecule has 1 aromatic carbocycles. The number of aryl methyl sites for hydroxylation is 2. The number of nitrogens with one attached hydrogen (secondary N) is 1. The first-order valence-electron chi connectivity index (χ1n) is 3.92. The van der Waals surface area contributed by atoms with E-state index in [0.29, 0.717) is 0 Å². The smallest absolute Gasteiger partial charge is 0.0659 e. The minimum atomic E-state index is 0.803. The Balaban J connectivity index is 2.92. The van der Waals surface area contributed by atoms with E-state index < -0.39 is 0 Å². The Morgan fingerprint density at radius 3 is 2.75 bits per heavy atom. The zero-order valence-corrected chi connectivity index (χ0v) is 7.87. The number of hydrogen-bond acceptors (Lipinski definition) is 0. The predicted octanol–water partition coefficient (Wildman–Crippen LogP) is 3.44. The molecule has 0 bridgehead atoms. The second-order valence-corrected chi connectivity index (χ2v) is 3.55. The fourth-order valence-corrected chi connectivity index (χ4v) is 1.76. The van der Waals surface area contributed by atoms with E-state index in [0.717, 1.165) is 15.9 Å². The first-order valence-corrected chi connectivity index (χ1v) is 4.30. The number of aromatic nitrogens is 1.